The lowest BCUT2D eigenvalue weighted by molar-refractivity contribution is 0.411. The zero-order valence-corrected chi connectivity index (χ0v) is 14.4. The molecule has 0 bridgehead atoms. The van der Waals surface area contributed by atoms with Gasteiger partial charge in [0.25, 0.3) is 0 Å². The largest absolute Gasteiger partial charge is 0.497 e. The highest BCUT2D eigenvalue weighted by Crippen LogP contribution is 2.38. The van der Waals surface area contributed by atoms with Gasteiger partial charge in [0.15, 0.2) is 0 Å². The number of hydrogen-bond donors (Lipinski definition) is 2. The van der Waals surface area contributed by atoms with E-state index < -0.39 is 0 Å². The lowest BCUT2D eigenvalue weighted by atomic mass is 9.93. The van der Waals surface area contributed by atoms with Gasteiger partial charge in [0, 0.05) is 5.02 Å². The van der Waals surface area contributed by atoms with E-state index in [1.807, 2.05) is 41.1 Å². The predicted octanol–water partition coefficient (Wildman–Crippen LogP) is 3.67. The number of aromatic nitrogens is 3. The van der Waals surface area contributed by atoms with Crippen LogP contribution in [0.4, 0.5) is 11.9 Å². The van der Waals surface area contributed by atoms with Crippen LogP contribution in [-0.4, -0.2) is 21.9 Å². The van der Waals surface area contributed by atoms with E-state index in [-0.39, 0.29) is 18.0 Å². The molecule has 2 atom stereocenters. The molecule has 4 rings (SSSR count). The molecule has 6 nitrogen and oxygen atoms in total. The van der Waals surface area contributed by atoms with E-state index in [2.05, 4.69) is 27.5 Å². The first kappa shape index (κ1) is 15.8. The summed E-state index contributed by atoms with van der Waals surface area (Å²) in [4.78, 5) is 4.32. The second kappa shape index (κ2) is 6.29. The van der Waals surface area contributed by atoms with Crippen LogP contribution in [-0.2, 0) is 0 Å². The molecule has 3 aromatic rings. The van der Waals surface area contributed by atoms with Gasteiger partial charge in [-0.05, 0) is 41.8 Å². The molecule has 1 aromatic heterocycles. The first-order chi connectivity index (χ1) is 12.1. The lowest BCUT2D eigenvalue weighted by Crippen LogP contribution is -2.28. The van der Waals surface area contributed by atoms with Gasteiger partial charge in [-0.3, -0.25) is 0 Å². The molecular weight excluding hydrogens is 338 g/mol. The molecule has 0 radical (unpaired) electrons. The normalized spacial score (nSPS) is 19.1. The molecule has 0 saturated heterocycles. The summed E-state index contributed by atoms with van der Waals surface area (Å²) < 4.78 is 7.10. The molecule has 0 fully saturated rings. The molecule has 0 amide bonds. The lowest BCUT2D eigenvalue weighted by Gasteiger charge is -2.31. The number of nitrogens with one attached hydrogen (secondary N) is 1. The molecule has 0 unspecified atom stereocenters. The highest BCUT2D eigenvalue weighted by Gasteiger charge is 2.30. The van der Waals surface area contributed by atoms with E-state index in [9.17, 15) is 0 Å². The van der Waals surface area contributed by atoms with Gasteiger partial charge in [0.1, 0.15) is 5.75 Å². The van der Waals surface area contributed by atoms with Gasteiger partial charge < -0.3 is 15.8 Å². The van der Waals surface area contributed by atoms with Crippen molar-refractivity contribution in [3.8, 4) is 5.75 Å². The molecule has 0 spiro atoms. The smallest absolute Gasteiger partial charge is 0.241 e. The van der Waals surface area contributed by atoms with Crippen LogP contribution in [0, 0.1) is 0 Å². The number of methoxy groups -OCH3 is 1. The van der Waals surface area contributed by atoms with Gasteiger partial charge in [0.05, 0.1) is 19.2 Å². The van der Waals surface area contributed by atoms with Gasteiger partial charge in [-0.25, -0.2) is 4.68 Å². The van der Waals surface area contributed by atoms with Crippen molar-refractivity contribution in [2.75, 3.05) is 18.2 Å². The Morgan fingerprint density at radius 2 is 1.80 bits per heavy atom. The Morgan fingerprint density at radius 1 is 1.12 bits per heavy atom. The SMILES string of the molecule is COc1ccc([C@H]2C[C@@H](c3ccc(Cl)cc3)Nc3nc(N)nn32)cc1. The first-order valence-corrected chi connectivity index (χ1v) is 8.40. The second-order valence-electron chi connectivity index (χ2n) is 6.01. The number of ether oxygens (including phenoxy) is 1. The van der Waals surface area contributed by atoms with E-state index in [4.69, 9.17) is 22.1 Å². The maximum Gasteiger partial charge on any atom is 0.241 e. The monoisotopic (exact) mass is 355 g/mol. The van der Waals surface area contributed by atoms with Crippen molar-refractivity contribution < 1.29 is 4.74 Å². The molecule has 7 heteroatoms. The summed E-state index contributed by atoms with van der Waals surface area (Å²) in [6.45, 7) is 0. The van der Waals surface area contributed by atoms with Crippen molar-refractivity contribution in [2.24, 2.45) is 0 Å². The Balaban J connectivity index is 1.72. The van der Waals surface area contributed by atoms with Gasteiger partial charge in [0.2, 0.25) is 11.9 Å². The zero-order valence-electron chi connectivity index (χ0n) is 13.7. The fraction of sp³-hybridized carbons (Fsp3) is 0.222. The molecule has 25 heavy (non-hydrogen) atoms. The number of nitrogen functional groups attached to an aromatic ring is 1. The Morgan fingerprint density at radius 3 is 2.48 bits per heavy atom. The quantitative estimate of drug-likeness (QED) is 0.749. The Bertz CT molecular complexity index is 875. The van der Waals surface area contributed by atoms with Crippen molar-refractivity contribution in [1.82, 2.24) is 14.8 Å². The average Bonchev–Trinajstić information content (AvgIpc) is 3.01. The predicted molar refractivity (Wildman–Crippen MR) is 98.0 cm³/mol. The Labute approximate surface area is 150 Å². The minimum Gasteiger partial charge on any atom is -0.497 e. The highest BCUT2D eigenvalue weighted by molar-refractivity contribution is 6.30. The first-order valence-electron chi connectivity index (χ1n) is 8.02. The summed E-state index contributed by atoms with van der Waals surface area (Å²) in [5.41, 5.74) is 8.11. The van der Waals surface area contributed by atoms with Crippen LogP contribution in [0.15, 0.2) is 48.5 Å². The molecule has 1 aliphatic heterocycles. The van der Waals surface area contributed by atoms with Crippen molar-refractivity contribution in [3.05, 3.63) is 64.7 Å². The number of benzene rings is 2. The van der Waals surface area contributed by atoms with Gasteiger partial charge in [-0.2, -0.15) is 4.98 Å². The number of hydrogen-bond acceptors (Lipinski definition) is 5. The Kier molecular flexibility index (Phi) is 3.97. The third-order valence-corrected chi connectivity index (χ3v) is 4.73. The maximum absolute atomic E-state index is 6.01. The van der Waals surface area contributed by atoms with E-state index in [1.165, 1.54) is 0 Å². The minimum absolute atomic E-state index is 0.0348. The third-order valence-electron chi connectivity index (χ3n) is 4.48. The van der Waals surface area contributed by atoms with Crippen molar-refractivity contribution in [3.63, 3.8) is 0 Å². The van der Waals surface area contributed by atoms with Gasteiger partial charge in [-0.1, -0.05) is 35.9 Å². The number of anilines is 2. The summed E-state index contributed by atoms with van der Waals surface area (Å²) >= 11 is 6.01. The molecule has 3 N–H and O–H groups in total. The molecular formula is C18H18ClN5O. The van der Waals surface area contributed by atoms with Crippen molar-refractivity contribution in [1.29, 1.82) is 0 Å². The Hall–Kier alpha value is -2.73. The van der Waals surface area contributed by atoms with Crippen molar-refractivity contribution >= 4 is 23.5 Å². The fourth-order valence-corrected chi connectivity index (χ4v) is 3.34. The van der Waals surface area contributed by atoms with E-state index in [0.717, 1.165) is 28.3 Å². The molecule has 0 aliphatic carbocycles. The van der Waals surface area contributed by atoms with Gasteiger partial charge in [-0.15, -0.1) is 5.10 Å². The highest BCUT2D eigenvalue weighted by atomic mass is 35.5. The van der Waals surface area contributed by atoms with Gasteiger partial charge >= 0.3 is 0 Å². The summed E-state index contributed by atoms with van der Waals surface area (Å²) in [6.07, 6.45) is 0.823. The number of nitrogens with two attached hydrogens (primary N) is 1. The van der Waals surface area contributed by atoms with E-state index >= 15 is 0 Å². The van der Waals surface area contributed by atoms with Crippen LogP contribution < -0.4 is 15.8 Å². The summed E-state index contributed by atoms with van der Waals surface area (Å²) in [5, 5.41) is 8.50. The van der Waals surface area contributed by atoms with E-state index in [1.54, 1.807) is 7.11 Å². The summed E-state index contributed by atoms with van der Waals surface area (Å²) in [7, 11) is 1.66. The van der Waals surface area contributed by atoms with Crippen LogP contribution in [0.1, 0.15) is 29.6 Å². The molecule has 128 valence electrons. The fourth-order valence-electron chi connectivity index (χ4n) is 3.21. The number of rotatable bonds is 3. The molecule has 0 saturated carbocycles. The van der Waals surface area contributed by atoms with Crippen molar-refractivity contribution in [2.45, 2.75) is 18.5 Å². The summed E-state index contributed by atoms with van der Waals surface area (Å²) in [5.74, 6) is 1.76. The molecule has 2 aromatic carbocycles. The molecule has 1 aliphatic rings. The maximum atomic E-state index is 6.01. The average molecular weight is 356 g/mol. The van der Waals surface area contributed by atoms with Crippen LogP contribution in [0.3, 0.4) is 0 Å². The van der Waals surface area contributed by atoms with E-state index in [0.29, 0.717) is 5.95 Å². The third kappa shape index (κ3) is 3.00. The van der Waals surface area contributed by atoms with Crippen LogP contribution in [0.2, 0.25) is 5.02 Å². The van der Waals surface area contributed by atoms with Crippen LogP contribution in [0.5, 0.6) is 5.75 Å². The second-order valence-corrected chi connectivity index (χ2v) is 6.45. The molecule has 2 heterocycles. The topological polar surface area (TPSA) is 78.0 Å². The van der Waals surface area contributed by atoms with Crippen LogP contribution in [0.25, 0.3) is 0 Å². The summed E-state index contributed by atoms with van der Waals surface area (Å²) in [6, 6.07) is 16.0. The minimum atomic E-state index is 0.0348. The number of fused-ring (bicyclic) bond motifs is 1. The van der Waals surface area contributed by atoms with Crippen LogP contribution >= 0.6 is 11.6 Å². The number of halogens is 1. The number of nitrogens with zero attached hydrogens (tertiary/aromatic N) is 3. The zero-order chi connectivity index (χ0) is 17.4. The standard InChI is InChI=1S/C18H18ClN5O/c1-25-14-8-4-12(5-9-14)16-10-15(11-2-6-13(19)7-3-11)21-18-22-17(20)23-24(16)18/h2-9,15-16H,10H2,1H3,(H3,20,21,22,23)/t15-,16+/m0/s1.